The number of aromatic nitrogens is 1. The van der Waals surface area contributed by atoms with Crippen LogP contribution in [-0.4, -0.2) is 28.0 Å². The fourth-order valence-corrected chi connectivity index (χ4v) is 4.37. The Morgan fingerprint density at radius 3 is 2.74 bits per heavy atom. The van der Waals surface area contributed by atoms with E-state index in [-0.39, 0.29) is 23.5 Å². The van der Waals surface area contributed by atoms with E-state index < -0.39 is 5.82 Å². The molecule has 6 heteroatoms. The predicted octanol–water partition coefficient (Wildman–Crippen LogP) is 4.49. The fourth-order valence-electron chi connectivity index (χ4n) is 4.37. The number of amides is 2. The highest BCUT2D eigenvalue weighted by atomic mass is 19.1. The van der Waals surface area contributed by atoms with Crippen LogP contribution in [0.5, 0.6) is 0 Å². The van der Waals surface area contributed by atoms with Crippen molar-refractivity contribution in [2.75, 3.05) is 5.32 Å². The van der Waals surface area contributed by atoms with Crippen molar-refractivity contribution in [3.63, 3.8) is 0 Å². The third-order valence-electron chi connectivity index (χ3n) is 5.71. The molecule has 2 unspecified atom stereocenters. The largest absolute Gasteiger partial charge is 0.322 e. The van der Waals surface area contributed by atoms with E-state index in [0.717, 1.165) is 30.4 Å². The summed E-state index contributed by atoms with van der Waals surface area (Å²) >= 11 is 0. The SMILES string of the molecule is Cc1ccc(NC(=O)N2C3C[C@H]2CC(C)(C#N)C3)cc1-c1cncc(F)c1. The highest BCUT2D eigenvalue weighted by molar-refractivity contribution is 5.91. The Bertz CT molecular complexity index is 939. The average molecular weight is 364 g/mol. The maximum absolute atomic E-state index is 13.5. The standard InChI is InChI=1S/C21H21FN4O/c1-13-3-4-16(6-19(13)14-5-15(22)11-24-10-14)25-20(27)26-17-7-18(26)9-21(2,8-17)12-23/h3-6,10-11,17-18H,7-9H2,1-2H3,(H,25,27)/t17-,18?,21?/m0/s1. The summed E-state index contributed by atoms with van der Waals surface area (Å²) in [6.45, 7) is 3.91. The normalized spacial score (nSPS) is 26.1. The number of urea groups is 1. The lowest BCUT2D eigenvalue weighted by Gasteiger charge is -2.56. The number of benzene rings is 1. The molecule has 4 rings (SSSR count). The first-order chi connectivity index (χ1) is 12.9. The number of rotatable bonds is 2. The summed E-state index contributed by atoms with van der Waals surface area (Å²) in [4.78, 5) is 18.5. The number of nitriles is 1. The summed E-state index contributed by atoms with van der Waals surface area (Å²) in [6.07, 6.45) is 5.20. The minimum atomic E-state index is -0.393. The Kier molecular flexibility index (Phi) is 4.11. The molecule has 2 aromatic rings. The van der Waals surface area contributed by atoms with Gasteiger partial charge in [0.15, 0.2) is 0 Å². The first-order valence-electron chi connectivity index (χ1n) is 9.11. The molecule has 5 nitrogen and oxygen atoms in total. The zero-order chi connectivity index (χ0) is 19.2. The first-order valence-corrected chi connectivity index (χ1v) is 9.11. The smallest absolute Gasteiger partial charge is 0.318 e. The van der Waals surface area contributed by atoms with Crippen molar-refractivity contribution in [2.24, 2.45) is 5.41 Å². The summed E-state index contributed by atoms with van der Waals surface area (Å²) in [5, 5.41) is 12.3. The van der Waals surface area contributed by atoms with Crippen LogP contribution in [0.4, 0.5) is 14.9 Å². The van der Waals surface area contributed by atoms with E-state index in [1.165, 1.54) is 12.3 Å². The highest BCUT2D eigenvalue weighted by Gasteiger charge is 2.52. The van der Waals surface area contributed by atoms with Gasteiger partial charge in [-0.25, -0.2) is 9.18 Å². The van der Waals surface area contributed by atoms with E-state index in [2.05, 4.69) is 16.4 Å². The highest BCUT2D eigenvalue weighted by Crippen LogP contribution is 2.47. The van der Waals surface area contributed by atoms with Crippen molar-refractivity contribution < 1.29 is 9.18 Å². The number of carbonyl (C=O) groups is 1. The quantitative estimate of drug-likeness (QED) is 0.853. The molecule has 3 atom stereocenters. The minimum Gasteiger partial charge on any atom is -0.318 e. The van der Waals surface area contributed by atoms with Crippen LogP contribution in [0.1, 0.15) is 31.7 Å². The number of anilines is 1. The fraction of sp³-hybridized carbons (Fsp3) is 0.381. The van der Waals surface area contributed by atoms with E-state index in [9.17, 15) is 14.4 Å². The topological polar surface area (TPSA) is 69.0 Å². The molecule has 2 fully saturated rings. The number of carbonyl (C=O) groups excluding carboxylic acids is 1. The van der Waals surface area contributed by atoms with Crippen molar-refractivity contribution in [1.29, 1.82) is 5.26 Å². The second-order valence-corrected chi connectivity index (χ2v) is 7.88. The van der Waals surface area contributed by atoms with E-state index in [4.69, 9.17) is 0 Å². The van der Waals surface area contributed by atoms with Gasteiger partial charge in [0.05, 0.1) is 17.7 Å². The Morgan fingerprint density at radius 2 is 2.07 bits per heavy atom. The summed E-state index contributed by atoms with van der Waals surface area (Å²) in [6, 6.07) is 9.54. The summed E-state index contributed by atoms with van der Waals surface area (Å²) in [5.74, 6) is -0.393. The molecule has 2 heterocycles. The lowest BCUT2D eigenvalue weighted by atomic mass is 9.66. The molecule has 1 saturated carbocycles. The monoisotopic (exact) mass is 364 g/mol. The zero-order valence-corrected chi connectivity index (χ0v) is 15.4. The number of hydrogen-bond acceptors (Lipinski definition) is 3. The molecule has 0 spiro atoms. The molecule has 27 heavy (non-hydrogen) atoms. The Morgan fingerprint density at radius 1 is 1.33 bits per heavy atom. The molecule has 1 aliphatic carbocycles. The molecule has 1 aliphatic heterocycles. The van der Waals surface area contributed by atoms with Gasteiger partial charge in [0.25, 0.3) is 0 Å². The van der Waals surface area contributed by atoms with Crippen LogP contribution in [-0.2, 0) is 0 Å². The number of aryl methyl sites for hydroxylation is 1. The number of piperidine rings is 1. The molecule has 2 amide bonds. The zero-order valence-electron chi connectivity index (χ0n) is 15.4. The van der Waals surface area contributed by atoms with Gasteiger partial charge in [-0.05, 0) is 62.4 Å². The van der Waals surface area contributed by atoms with Crippen molar-refractivity contribution >= 4 is 11.7 Å². The number of nitrogens with one attached hydrogen (secondary N) is 1. The van der Waals surface area contributed by atoms with E-state index in [1.54, 1.807) is 6.20 Å². The molecule has 138 valence electrons. The lowest BCUT2D eigenvalue weighted by Crippen LogP contribution is -2.65. The van der Waals surface area contributed by atoms with Crippen molar-refractivity contribution in [3.8, 4) is 17.2 Å². The van der Waals surface area contributed by atoms with Crippen molar-refractivity contribution in [2.45, 2.75) is 45.2 Å². The van der Waals surface area contributed by atoms with Gasteiger partial charge < -0.3 is 10.2 Å². The van der Waals surface area contributed by atoms with Crippen LogP contribution in [0.25, 0.3) is 11.1 Å². The molecule has 1 aromatic carbocycles. The number of fused-ring (bicyclic) bond motifs is 2. The maximum Gasteiger partial charge on any atom is 0.322 e. The van der Waals surface area contributed by atoms with E-state index in [0.29, 0.717) is 11.3 Å². The molecule has 2 bridgehead atoms. The molecule has 1 N–H and O–H groups in total. The van der Waals surface area contributed by atoms with Crippen LogP contribution >= 0.6 is 0 Å². The Balaban J connectivity index is 1.52. The summed E-state index contributed by atoms with van der Waals surface area (Å²) in [5.41, 5.74) is 2.82. The number of hydrogen-bond donors (Lipinski definition) is 1. The predicted molar refractivity (Wildman–Crippen MR) is 100 cm³/mol. The van der Waals surface area contributed by atoms with Gasteiger partial charge >= 0.3 is 6.03 Å². The average Bonchev–Trinajstić information content (AvgIpc) is 2.63. The summed E-state index contributed by atoms with van der Waals surface area (Å²) in [7, 11) is 0. The number of likely N-dealkylation sites (tertiary alicyclic amines) is 1. The molecule has 1 saturated heterocycles. The number of halogens is 1. The Labute approximate surface area is 157 Å². The van der Waals surface area contributed by atoms with Crippen LogP contribution in [0, 0.1) is 29.5 Å². The van der Waals surface area contributed by atoms with Crippen molar-refractivity contribution in [1.82, 2.24) is 9.88 Å². The molecular formula is C21H21FN4O. The Hall–Kier alpha value is -2.94. The van der Waals surface area contributed by atoms with Crippen LogP contribution < -0.4 is 5.32 Å². The molecule has 2 aliphatic rings. The second kappa shape index (κ2) is 6.34. The van der Waals surface area contributed by atoms with E-state index >= 15 is 0 Å². The van der Waals surface area contributed by atoms with Crippen molar-refractivity contribution in [3.05, 3.63) is 48.0 Å². The van der Waals surface area contributed by atoms with Crippen LogP contribution in [0.2, 0.25) is 0 Å². The number of pyridine rings is 1. The molecule has 0 radical (unpaired) electrons. The van der Waals surface area contributed by atoms with Gasteiger partial charge in [-0.1, -0.05) is 6.07 Å². The van der Waals surface area contributed by atoms with E-state index in [1.807, 2.05) is 36.9 Å². The van der Waals surface area contributed by atoms with Gasteiger partial charge in [0.2, 0.25) is 0 Å². The second-order valence-electron chi connectivity index (χ2n) is 7.88. The van der Waals surface area contributed by atoms with Crippen LogP contribution in [0.15, 0.2) is 36.7 Å². The molecule has 1 aromatic heterocycles. The van der Waals surface area contributed by atoms with Gasteiger partial charge in [-0.2, -0.15) is 5.26 Å². The van der Waals surface area contributed by atoms with Gasteiger partial charge in [0, 0.05) is 29.5 Å². The lowest BCUT2D eigenvalue weighted by molar-refractivity contribution is -0.0271. The third kappa shape index (κ3) is 3.14. The number of nitrogens with zero attached hydrogens (tertiary/aromatic N) is 3. The van der Waals surface area contributed by atoms with Gasteiger partial charge in [-0.15, -0.1) is 0 Å². The van der Waals surface area contributed by atoms with Gasteiger partial charge in [0.1, 0.15) is 5.82 Å². The van der Waals surface area contributed by atoms with Gasteiger partial charge in [-0.3, -0.25) is 4.98 Å². The molecular weight excluding hydrogens is 343 g/mol. The first kappa shape index (κ1) is 17.5. The van der Waals surface area contributed by atoms with Crippen LogP contribution in [0.3, 0.4) is 0 Å². The minimum absolute atomic E-state index is 0.130. The summed E-state index contributed by atoms with van der Waals surface area (Å²) < 4.78 is 13.5. The maximum atomic E-state index is 13.5. The third-order valence-corrected chi connectivity index (χ3v) is 5.71.